The van der Waals surface area contributed by atoms with Crippen LogP contribution in [-0.4, -0.2) is 23.4 Å². The molecule has 1 rings (SSSR count). The van der Waals surface area contributed by atoms with Crippen LogP contribution in [0.25, 0.3) is 0 Å². The summed E-state index contributed by atoms with van der Waals surface area (Å²) >= 11 is 0. The van der Waals surface area contributed by atoms with Gasteiger partial charge in [-0.1, -0.05) is 0 Å². The zero-order chi connectivity index (χ0) is 15.7. The monoisotopic (exact) mass is 302 g/mol. The fraction of sp³-hybridized carbons (Fsp3) is 0.364. The second-order valence-corrected chi connectivity index (χ2v) is 3.82. The highest BCUT2D eigenvalue weighted by molar-refractivity contribution is 5.88. The average Bonchev–Trinajstić information content (AvgIpc) is 2.26. The van der Waals surface area contributed by atoms with Crippen LogP contribution in [0.15, 0.2) is 18.2 Å². The molecule has 1 N–H and O–H groups in total. The Kier molecular flexibility index (Phi) is 4.21. The van der Waals surface area contributed by atoms with Crippen molar-refractivity contribution >= 4 is 5.97 Å². The lowest BCUT2D eigenvalue weighted by Gasteiger charge is -2.20. The van der Waals surface area contributed by atoms with Gasteiger partial charge in [0.15, 0.2) is 6.10 Å². The minimum absolute atomic E-state index is 0.223. The van der Waals surface area contributed by atoms with E-state index in [0.29, 0.717) is 13.0 Å². The Morgan fingerprint density at radius 1 is 1.20 bits per heavy atom. The number of ether oxygens (including phenoxy) is 1. The molecule has 0 heterocycles. The number of carbonyl (C=O) groups is 1. The number of halogens is 6. The van der Waals surface area contributed by atoms with Crippen molar-refractivity contribution in [2.24, 2.45) is 0 Å². The van der Waals surface area contributed by atoms with Crippen molar-refractivity contribution in [2.45, 2.75) is 25.4 Å². The normalized spacial score (nSPS) is 13.9. The van der Waals surface area contributed by atoms with Gasteiger partial charge >= 0.3 is 18.3 Å². The van der Waals surface area contributed by atoms with Gasteiger partial charge in [-0.3, -0.25) is 0 Å². The molecule has 0 saturated carbocycles. The van der Waals surface area contributed by atoms with Crippen LogP contribution < -0.4 is 4.74 Å². The number of rotatable bonds is 3. The van der Waals surface area contributed by atoms with Crippen LogP contribution in [0.2, 0.25) is 0 Å². The molecule has 0 aliphatic heterocycles. The first-order valence-electron chi connectivity index (χ1n) is 5.11. The number of alkyl halides is 6. The van der Waals surface area contributed by atoms with Gasteiger partial charge in [0.1, 0.15) is 5.75 Å². The largest absolute Gasteiger partial charge is 0.481 e. The Hall–Kier alpha value is -1.93. The van der Waals surface area contributed by atoms with Crippen LogP contribution in [-0.2, 0) is 6.18 Å². The maximum atomic E-state index is 12.7. The molecule has 0 amide bonds. The first kappa shape index (κ1) is 16.1. The Morgan fingerprint density at radius 2 is 1.75 bits per heavy atom. The molecular formula is C11H8F6O3. The fourth-order valence-electron chi connectivity index (χ4n) is 1.24. The second-order valence-electron chi connectivity index (χ2n) is 3.82. The number of hydrogen-bond donors (Lipinski definition) is 1. The average molecular weight is 302 g/mol. The summed E-state index contributed by atoms with van der Waals surface area (Å²) < 4.78 is 79.1. The van der Waals surface area contributed by atoms with Crippen molar-refractivity contribution in [3.63, 3.8) is 0 Å². The van der Waals surface area contributed by atoms with Gasteiger partial charge in [0, 0.05) is 0 Å². The van der Waals surface area contributed by atoms with Gasteiger partial charge in [0.2, 0.25) is 0 Å². The molecule has 1 unspecified atom stereocenters. The van der Waals surface area contributed by atoms with Crippen LogP contribution in [0.5, 0.6) is 5.75 Å². The molecule has 112 valence electrons. The van der Waals surface area contributed by atoms with Gasteiger partial charge in [-0.05, 0) is 25.1 Å². The van der Waals surface area contributed by atoms with Gasteiger partial charge in [-0.15, -0.1) is 0 Å². The summed E-state index contributed by atoms with van der Waals surface area (Å²) in [6.45, 7) is 0.547. The first-order chi connectivity index (χ1) is 8.93. The smallest absolute Gasteiger partial charge is 0.425 e. The zero-order valence-electron chi connectivity index (χ0n) is 9.84. The Bertz CT molecular complexity index is 506. The lowest BCUT2D eigenvalue weighted by molar-refractivity contribution is -0.191. The highest BCUT2D eigenvalue weighted by atomic mass is 19.4. The number of hydrogen-bond acceptors (Lipinski definition) is 2. The van der Waals surface area contributed by atoms with E-state index in [1.807, 2.05) is 0 Å². The summed E-state index contributed by atoms with van der Waals surface area (Å²) in [5.74, 6) is -2.71. The molecule has 0 aliphatic carbocycles. The summed E-state index contributed by atoms with van der Waals surface area (Å²) in [5, 5.41) is 8.59. The summed E-state index contributed by atoms with van der Waals surface area (Å²) in [7, 11) is 0. The van der Waals surface area contributed by atoms with E-state index in [1.54, 1.807) is 0 Å². The predicted octanol–water partition coefficient (Wildman–Crippen LogP) is 3.73. The highest BCUT2D eigenvalue weighted by Gasteiger charge is 2.41. The van der Waals surface area contributed by atoms with E-state index < -0.39 is 41.3 Å². The van der Waals surface area contributed by atoms with Crippen LogP contribution in [0.1, 0.15) is 22.8 Å². The molecule has 9 heteroatoms. The Labute approximate surface area is 108 Å². The third-order valence-corrected chi connectivity index (χ3v) is 2.30. The number of aromatic carboxylic acids is 1. The Balaban J connectivity index is 3.23. The van der Waals surface area contributed by atoms with Crippen LogP contribution in [0.4, 0.5) is 26.3 Å². The maximum absolute atomic E-state index is 12.7. The molecule has 0 spiro atoms. The summed E-state index contributed by atoms with van der Waals surface area (Å²) in [6.07, 6.45) is -12.3. The molecule has 0 saturated heterocycles. The van der Waals surface area contributed by atoms with Crippen molar-refractivity contribution < 1.29 is 41.0 Å². The van der Waals surface area contributed by atoms with Crippen LogP contribution >= 0.6 is 0 Å². The van der Waals surface area contributed by atoms with Gasteiger partial charge in [-0.2, -0.15) is 26.3 Å². The predicted molar refractivity (Wildman–Crippen MR) is 54.5 cm³/mol. The highest BCUT2D eigenvalue weighted by Crippen LogP contribution is 2.38. The molecule has 1 atom stereocenters. The molecule has 1 aromatic rings. The second kappa shape index (κ2) is 5.22. The SMILES string of the molecule is CC(Oc1ccc(C(=O)O)cc1C(F)(F)F)C(F)(F)F. The van der Waals surface area contributed by atoms with Gasteiger partial charge in [0.05, 0.1) is 11.1 Å². The van der Waals surface area contributed by atoms with E-state index in [4.69, 9.17) is 5.11 Å². The van der Waals surface area contributed by atoms with E-state index in [9.17, 15) is 31.1 Å². The molecule has 20 heavy (non-hydrogen) atoms. The minimum Gasteiger partial charge on any atom is -0.481 e. The fourth-order valence-corrected chi connectivity index (χ4v) is 1.24. The third-order valence-electron chi connectivity index (χ3n) is 2.30. The molecule has 1 aromatic carbocycles. The van der Waals surface area contributed by atoms with E-state index in [1.165, 1.54) is 0 Å². The van der Waals surface area contributed by atoms with Crippen LogP contribution in [0, 0.1) is 0 Å². The van der Waals surface area contributed by atoms with Gasteiger partial charge in [-0.25, -0.2) is 4.79 Å². The molecule has 0 radical (unpaired) electrons. The molecule has 0 bridgehead atoms. The Morgan fingerprint density at radius 3 is 2.15 bits per heavy atom. The minimum atomic E-state index is -5.04. The molecular weight excluding hydrogens is 294 g/mol. The molecule has 0 aliphatic rings. The van der Waals surface area contributed by atoms with Gasteiger partial charge in [0.25, 0.3) is 0 Å². The summed E-state index contributed by atoms with van der Waals surface area (Å²) in [6, 6.07) is 1.51. The number of benzene rings is 1. The molecule has 3 nitrogen and oxygen atoms in total. The lowest BCUT2D eigenvalue weighted by atomic mass is 10.1. The van der Waals surface area contributed by atoms with Gasteiger partial charge < -0.3 is 9.84 Å². The topological polar surface area (TPSA) is 46.5 Å². The maximum Gasteiger partial charge on any atom is 0.425 e. The summed E-state index contributed by atoms with van der Waals surface area (Å²) in [5.41, 5.74) is -2.28. The number of carboxylic acids is 1. The molecule has 0 aromatic heterocycles. The van der Waals surface area contributed by atoms with Crippen molar-refractivity contribution in [3.8, 4) is 5.75 Å². The van der Waals surface area contributed by atoms with E-state index in [0.717, 1.165) is 6.07 Å². The number of carboxylic acid groups (broad SMARTS) is 1. The zero-order valence-corrected chi connectivity index (χ0v) is 9.84. The standard InChI is InChI=1S/C11H8F6O3/c1-5(10(12,13)14)20-8-3-2-6(9(18)19)4-7(8)11(15,16)17/h2-5H,1H3,(H,18,19). The van der Waals surface area contributed by atoms with Crippen LogP contribution in [0.3, 0.4) is 0 Å². The summed E-state index contributed by atoms with van der Waals surface area (Å²) in [4.78, 5) is 10.6. The molecule has 0 fully saturated rings. The van der Waals surface area contributed by atoms with E-state index in [2.05, 4.69) is 4.74 Å². The third kappa shape index (κ3) is 3.78. The van der Waals surface area contributed by atoms with Crippen molar-refractivity contribution in [3.05, 3.63) is 29.3 Å². The lowest BCUT2D eigenvalue weighted by Crippen LogP contribution is -2.32. The quantitative estimate of drug-likeness (QED) is 0.865. The van der Waals surface area contributed by atoms with Crippen molar-refractivity contribution in [1.82, 2.24) is 0 Å². The first-order valence-corrected chi connectivity index (χ1v) is 5.11. The van der Waals surface area contributed by atoms with Crippen molar-refractivity contribution in [2.75, 3.05) is 0 Å². The van der Waals surface area contributed by atoms with E-state index in [-0.39, 0.29) is 6.07 Å². The van der Waals surface area contributed by atoms with Crippen molar-refractivity contribution in [1.29, 1.82) is 0 Å². The van der Waals surface area contributed by atoms with E-state index >= 15 is 0 Å².